The van der Waals surface area contributed by atoms with Gasteiger partial charge in [-0.05, 0) is 12.8 Å². The molecule has 1 fully saturated rings. The second-order valence-electron chi connectivity index (χ2n) is 3.31. The fraction of sp³-hybridized carbons (Fsp3) is 0.556. The lowest BCUT2D eigenvalue weighted by molar-refractivity contribution is 0.1000. The molecule has 2 heterocycles. The lowest BCUT2D eigenvalue weighted by Gasteiger charge is -2.20. The van der Waals surface area contributed by atoms with E-state index in [1.54, 1.807) is 0 Å². The van der Waals surface area contributed by atoms with E-state index in [0.29, 0.717) is 10.3 Å². The minimum atomic E-state index is -0.402. The fourth-order valence-electron chi connectivity index (χ4n) is 1.40. The van der Waals surface area contributed by atoms with Gasteiger partial charge in [0.25, 0.3) is 0 Å². The van der Waals surface area contributed by atoms with E-state index in [-0.39, 0.29) is 5.95 Å². The minimum absolute atomic E-state index is 0.117. The number of nitrogen functional groups attached to an aromatic ring is 1. The van der Waals surface area contributed by atoms with Crippen molar-refractivity contribution in [3.63, 3.8) is 0 Å². The maximum atomic E-state index is 13.3. The molecule has 6 heteroatoms. The number of nitrogens with zero attached hydrogens (tertiary/aromatic N) is 2. The molecule has 0 unspecified atom stereocenters. The summed E-state index contributed by atoms with van der Waals surface area (Å²) in [5.41, 5.74) is 5.41. The molecule has 0 radical (unpaired) electrons. The van der Waals surface area contributed by atoms with Crippen LogP contribution in [0.1, 0.15) is 12.8 Å². The van der Waals surface area contributed by atoms with Crippen LogP contribution in [0.25, 0.3) is 0 Å². The summed E-state index contributed by atoms with van der Waals surface area (Å²) in [6, 6.07) is 0. The van der Waals surface area contributed by atoms with E-state index in [2.05, 4.69) is 9.97 Å². The van der Waals surface area contributed by atoms with E-state index >= 15 is 0 Å². The van der Waals surface area contributed by atoms with Gasteiger partial charge in [-0.25, -0.2) is 14.4 Å². The summed E-state index contributed by atoms with van der Waals surface area (Å²) in [6.45, 7) is 1.47. The molecule has 1 aromatic heterocycles. The van der Waals surface area contributed by atoms with E-state index in [1.807, 2.05) is 0 Å². The van der Waals surface area contributed by atoms with E-state index in [4.69, 9.17) is 10.5 Å². The van der Waals surface area contributed by atoms with E-state index < -0.39 is 5.82 Å². The molecule has 0 amide bonds. The molecule has 1 aromatic rings. The van der Waals surface area contributed by atoms with Crippen LogP contribution in [0.2, 0.25) is 0 Å². The van der Waals surface area contributed by atoms with Gasteiger partial charge in [0.05, 0.1) is 6.20 Å². The quantitative estimate of drug-likeness (QED) is 0.778. The van der Waals surface area contributed by atoms with E-state index in [1.165, 1.54) is 11.8 Å². The first-order valence-corrected chi connectivity index (χ1v) is 5.66. The molecular weight excluding hydrogens is 217 g/mol. The molecule has 82 valence electrons. The van der Waals surface area contributed by atoms with Gasteiger partial charge in [-0.1, -0.05) is 11.8 Å². The van der Waals surface area contributed by atoms with Gasteiger partial charge >= 0.3 is 0 Å². The van der Waals surface area contributed by atoms with Crippen LogP contribution in [0.3, 0.4) is 0 Å². The van der Waals surface area contributed by atoms with Crippen LogP contribution in [0.4, 0.5) is 10.3 Å². The molecule has 0 aromatic carbocycles. The molecule has 2 rings (SSSR count). The first kappa shape index (κ1) is 10.6. The highest BCUT2D eigenvalue weighted by Crippen LogP contribution is 2.29. The van der Waals surface area contributed by atoms with Crippen molar-refractivity contribution in [2.24, 2.45) is 0 Å². The Hall–Kier alpha value is -0.880. The van der Waals surface area contributed by atoms with E-state index in [9.17, 15) is 4.39 Å². The summed E-state index contributed by atoms with van der Waals surface area (Å²) in [4.78, 5) is 7.47. The summed E-state index contributed by atoms with van der Waals surface area (Å²) < 4.78 is 18.5. The maximum Gasteiger partial charge on any atom is 0.221 e. The Kier molecular flexibility index (Phi) is 3.37. The molecule has 1 saturated heterocycles. The summed E-state index contributed by atoms with van der Waals surface area (Å²) in [5.74, 6) is -0.286. The van der Waals surface area contributed by atoms with Crippen molar-refractivity contribution in [3.8, 4) is 0 Å². The van der Waals surface area contributed by atoms with Crippen LogP contribution >= 0.6 is 11.8 Å². The van der Waals surface area contributed by atoms with Crippen LogP contribution in [0, 0.1) is 5.82 Å². The number of hydrogen-bond donors (Lipinski definition) is 1. The van der Waals surface area contributed by atoms with Crippen molar-refractivity contribution in [1.29, 1.82) is 0 Å². The molecule has 0 bridgehead atoms. The number of halogens is 1. The third-order valence-corrected chi connectivity index (χ3v) is 3.49. The van der Waals surface area contributed by atoms with Gasteiger partial charge in [0.15, 0.2) is 5.82 Å². The van der Waals surface area contributed by atoms with Gasteiger partial charge in [-0.3, -0.25) is 0 Å². The Bertz CT molecular complexity index is 344. The van der Waals surface area contributed by atoms with Crippen LogP contribution in [-0.4, -0.2) is 28.4 Å². The number of ether oxygens (including phenoxy) is 1. The molecule has 0 spiro atoms. The lowest BCUT2D eigenvalue weighted by Crippen LogP contribution is -2.17. The first-order chi connectivity index (χ1) is 7.25. The summed E-state index contributed by atoms with van der Waals surface area (Å²) >= 11 is 1.42. The number of nitrogens with two attached hydrogens (primary N) is 1. The molecule has 4 nitrogen and oxygen atoms in total. The largest absolute Gasteiger partial charge is 0.381 e. The van der Waals surface area contributed by atoms with Crippen molar-refractivity contribution < 1.29 is 9.13 Å². The number of anilines is 1. The monoisotopic (exact) mass is 229 g/mol. The second kappa shape index (κ2) is 4.76. The number of hydrogen-bond acceptors (Lipinski definition) is 5. The topological polar surface area (TPSA) is 61.0 Å². The van der Waals surface area contributed by atoms with Gasteiger partial charge in [0.1, 0.15) is 5.03 Å². The maximum absolute atomic E-state index is 13.3. The van der Waals surface area contributed by atoms with Crippen molar-refractivity contribution in [3.05, 3.63) is 12.0 Å². The van der Waals surface area contributed by atoms with E-state index in [0.717, 1.165) is 32.3 Å². The van der Waals surface area contributed by atoms with Crippen LogP contribution in [0.15, 0.2) is 11.2 Å². The van der Waals surface area contributed by atoms with Crippen LogP contribution in [0.5, 0.6) is 0 Å². The standard InChI is InChI=1S/C9H12FN3OS/c10-7-5-12-9(11)13-8(7)15-6-1-3-14-4-2-6/h5-6H,1-4H2,(H2,11,12,13). The average Bonchev–Trinajstić information content (AvgIpc) is 2.25. The highest BCUT2D eigenvalue weighted by molar-refractivity contribution is 7.99. The third-order valence-electron chi connectivity index (χ3n) is 2.18. The normalized spacial score (nSPS) is 17.9. The predicted molar refractivity (Wildman–Crippen MR) is 56.1 cm³/mol. The van der Waals surface area contributed by atoms with Gasteiger partial charge in [0.2, 0.25) is 5.95 Å². The number of rotatable bonds is 2. The van der Waals surface area contributed by atoms with Gasteiger partial charge in [-0.2, -0.15) is 0 Å². The molecule has 15 heavy (non-hydrogen) atoms. The van der Waals surface area contributed by atoms with Crippen molar-refractivity contribution >= 4 is 17.7 Å². The Labute approximate surface area is 91.4 Å². The van der Waals surface area contributed by atoms with Gasteiger partial charge in [0, 0.05) is 18.5 Å². The molecular formula is C9H12FN3OS. The second-order valence-corrected chi connectivity index (χ2v) is 4.60. The Morgan fingerprint density at radius 1 is 1.47 bits per heavy atom. The average molecular weight is 229 g/mol. The smallest absolute Gasteiger partial charge is 0.221 e. The van der Waals surface area contributed by atoms with Crippen LogP contribution in [-0.2, 0) is 4.74 Å². The summed E-state index contributed by atoms with van der Waals surface area (Å²) in [5, 5.41) is 0.706. The van der Waals surface area contributed by atoms with Crippen molar-refractivity contribution in [2.45, 2.75) is 23.1 Å². The van der Waals surface area contributed by atoms with Crippen molar-refractivity contribution in [2.75, 3.05) is 18.9 Å². The zero-order chi connectivity index (χ0) is 10.7. The van der Waals surface area contributed by atoms with Gasteiger partial charge in [-0.15, -0.1) is 0 Å². The predicted octanol–water partition coefficient (Wildman–Crippen LogP) is 1.47. The molecule has 0 saturated carbocycles. The van der Waals surface area contributed by atoms with Gasteiger partial charge < -0.3 is 10.5 Å². The SMILES string of the molecule is Nc1ncc(F)c(SC2CCOCC2)n1. The lowest BCUT2D eigenvalue weighted by atomic mass is 10.2. The first-order valence-electron chi connectivity index (χ1n) is 4.78. The summed E-state index contributed by atoms with van der Waals surface area (Å²) in [6.07, 6.45) is 2.96. The third kappa shape index (κ3) is 2.79. The zero-order valence-electron chi connectivity index (χ0n) is 8.15. The highest BCUT2D eigenvalue weighted by atomic mass is 32.2. The molecule has 1 aliphatic rings. The highest BCUT2D eigenvalue weighted by Gasteiger charge is 2.18. The Morgan fingerprint density at radius 3 is 2.93 bits per heavy atom. The fourth-order valence-corrected chi connectivity index (χ4v) is 2.45. The zero-order valence-corrected chi connectivity index (χ0v) is 8.97. The summed E-state index contributed by atoms with van der Waals surface area (Å²) in [7, 11) is 0. The molecule has 1 aliphatic heterocycles. The molecule has 2 N–H and O–H groups in total. The van der Waals surface area contributed by atoms with Crippen molar-refractivity contribution in [1.82, 2.24) is 9.97 Å². The Balaban J connectivity index is 2.05. The van der Waals surface area contributed by atoms with Crippen LogP contribution < -0.4 is 5.73 Å². The number of thioether (sulfide) groups is 1. The molecule has 0 atom stereocenters. The number of aromatic nitrogens is 2. The Morgan fingerprint density at radius 2 is 2.20 bits per heavy atom. The minimum Gasteiger partial charge on any atom is -0.381 e. The molecule has 0 aliphatic carbocycles.